The molecule has 2 saturated heterocycles. The molecule has 5 aromatic rings. The van der Waals surface area contributed by atoms with Crippen molar-refractivity contribution < 1.29 is 118 Å². The summed E-state index contributed by atoms with van der Waals surface area (Å²) in [6.07, 6.45) is -10.9. The van der Waals surface area contributed by atoms with Crippen LogP contribution in [0.1, 0.15) is 202 Å². The predicted octanol–water partition coefficient (Wildman–Crippen LogP) is 7.47. The van der Waals surface area contributed by atoms with Crippen LogP contribution in [0, 0.1) is 41.4 Å². The molecule has 0 spiro atoms. The van der Waals surface area contributed by atoms with E-state index in [0.29, 0.717) is 18.3 Å². The van der Waals surface area contributed by atoms with Crippen molar-refractivity contribution in [3.8, 4) is 57.1 Å². The van der Waals surface area contributed by atoms with Gasteiger partial charge in [0.25, 0.3) is 0 Å². The minimum atomic E-state index is -2.24. The summed E-state index contributed by atoms with van der Waals surface area (Å²) in [7, 11) is 0. The number of aromatic hydroxyl groups is 3. The number of rotatable bonds is 21. The minimum absolute atomic E-state index is 0.0784. The molecule has 0 aromatic heterocycles. The SMILES string of the molecule is CCCCCCCCNC(=O)NC(=O)C[C@@H]1CC(=O)[C@H](NC(=O)[C@H](N)CC(C)C)[C@H](O)c2ccc(c(Cl)c2)Oc2cc3cc(c2OC2OC(CO)C(O)C(O)C2OC2CC(C)(N)C(O)C(C)O2)Oc2ccc(cc2Cl)[C@@H](O)[C@@H]2NC(=O)[C@H](CC(=O)[C@@H]3NC1=O)c1ccc(O)c(c1)-c1c(O)cc(O)cc1[C@@H](C(=O)CC1C3CC4CC(C3)CC1C4)NC2=O. The highest BCUT2D eigenvalue weighted by molar-refractivity contribution is 6.32. The lowest BCUT2D eigenvalue weighted by atomic mass is 9.51. The molecule has 7 amide bonds. The second-order valence-electron chi connectivity index (χ2n) is 34.6. The topological polar surface area (TPSA) is 515 Å². The van der Waals surface area contributed by atoms with Crippen LogP contribution in [-0.2, 0) is 52.6 Å². The van der Waals surface area contributed by atoms with Crippen LogP contribution in [0.15, 0.2) is 78.9 Å². The van der Waals surface area contributed by atoms with E-state index in [4.69, 9.17) is 63.1 Å². The van der Waals surface area contributed by atoms with Crippen molar-refractivity contribution in [1.29, 1.82) is 0 Å². The molecule has 7 heterocycles. The molecule has 16 rings (SSSR count). The van der Waals surface area contributed by atoms with Crippen molar-refractivity contribution in [3.05, 3.63) is 117 Å². The van der Waals surface area contributed by atoms with Crippen LogP contribution in [0.3, 0.4) is 0 Å². The van der Waals surface area contributed by atoms with E-state index in [-0.39, 0.29) is 110 Å². The zero-order chi connectivity index (χ0) is 86.9. The van der Waals surface area contributed by atoms with E-state index in [2.05, 4.69) is 38.8 Å². The number of hydrogen-bond acceptors (Lipinski definition) is 26. The van der Waals surface area contributed by atoms with Gasteiger partial charge in [0.2, 0.25) is 41.6 Å². The molecule has 18 atom stereocenters. The van der Waals surface area contributed by atoms with Gasteiger partial charge in [-0.05, 0) is 177 Å². The Kier molecular flexibility index (Phi) is 28.1. The lowest BCUT2D eigenvalue weighted by Crippen LogP contribution is -2.64. The van der Waals surface area contributed by atoms with Crippen LogP contribution in [0.25, 0.3) is 11.1 Å². The third kappa shape index (κ3) is 20.1. The molecule has 121 heavy (non-hydrogen) atoms. The molecule has 19 N–H and O–H groups in total. The number of nitrogens with one attached hydrogen (secondary N) is 6. The third-order valence-corrected chi connectivity index (χ3v) is 25.6. The largest absolute Gasteiger partial charge is 0.508 e. The van der Waals surface area contributed by atoms with Crippen molar-refractivity contribution in [2.45, 2.75) is 247 Å². The van der Waals surface area contributed by atoms with Gasteiger partial charge in [-0.2, -0.15) is 0 Å². The van der Waals surface area contributed by atoms with Crippen LogP contribution < -0.4 is 57.6 Å². The number of benzene rings is 5. The molecule has 0 radical (unpaired) electrons. The monoisotopic (exact) mass is 1720 g/mol. The fourth-order valence-electron chi connectivity index (χ4n) is 18.9. The molecule has 11 aliphatic rings. The van der Waals surface area contributed by atoms with Crippen molar-refractivity contribution >= 4 is 76.1 Å². The van der Waals surface area contributed by atoms with Gasteiger partial charge in [-0.3, -0.25) is 43.7 Å². The summed E-state index contributed by atoms with van der Waals surface area (Å²) >= 11 is 14.5. The molecule has 9 unspecified atom stereocenters. The number of Topliss-reactive ketones (excluding diaryl/α,β-unsaturated/α-hetero) is 3. The number of urea groups is 1. The van der Waals surface area contributed by atoms with E-state index < -0.39 is 222 Å². The fourth-order valence-corrected chi connectivity index (χ4v) is 19.4. The van der Waals surface area contributed by atoms with Crippen LogP contribution in [0.4, 0.5) is 4.79 Å². The van der Waals surface area contributed by atoms with E-state index >= 15 is 28.8 Å². The molecule has 7 aliphatic heterocycles. The minimum Gasteiger partial charge on any atom is -0.508 e. The number of aliphatic hydroxyl groups is 6. The normalized spacial score (nSPS) is 31.1. The lowest BCUT2D eigenvalue weighted by Gasteiger charge is -2.54. The van der Waals surface area contributed by atoms with Crippen molar-refractivity contribution in [2.75, 3.05) is 13.2 Å². The number of carbonyl (C=O) groups excluding carboxylic acids is 9. The molecule has 4 aliphatic carbocycles. The maximum Gasteiger partial charge on any atom is 0.321 e. The lowest BCUT2D eigenvalue weighted by molar-refractivity contribution is -0.333. The van der Waals surface area contributed by atoms with Crippen LogP contribution in [0.5, 0.6) is 46.0 Å². The number of nitrogens with two attached hydrogens (primary N) is 2. The molecule has 34 heteroatoms. The van der Waals surface area contributed by atoms with Crippen LogP contribution >= 0.6 is 23.2 Å². The maximum atomic E-state index is 16.7. The van der Waals surface area contributed by atoms with Crippen LogP contribution in [0.2, 0.25) is 10.0 Å². The highest BCUT2D eigenvalue weighted by Crippen LogP contribution is 2.58. The van der Waals surface area contributed by atoms with Crippen molar-refractivity contribution in [3.63, 3.8) is 0 Å². The summed E-state index contributed by atoms with van der Waals surface area (Å²) in [5, 5.41) is 122. The van der Waals surface area contributed by atoms with E-state index in [9.17, 15) is 60.3 Å². The summed E-state index contributed by atoms with van der Waals surface area (Å²) in [5.41, 5.74) is 9.91. The van der Waals surface area contributed by atoms with Gasteiger partial charge in [-0.25, -0.2) is 4.79 Å². The van der Waals surface area contributed by atoms with E-state index in [1.807, 2.05) is 0 Å². The van der Waals surface area contributed by atoms with Crippen LogP contribution in [-0.4, -0.2) is 185 Å². The Morgan fingerprint density at radius 3 is 1.95 bits per heavy atom. The molecule has 4 saturated carbocycles. The quantitative estimate of drug-likeness (QED) is 0.0317. The Morgan fingerprint density at radius 1 is 0.686 bits per heavy atom. The van der Waals surface area contributed by atoms with E-state index in [1.54, 1.807) is 13.8 Å². The predicted molar refractivity (Wildman–Crippen MR) is 435 cm³/mol. The van der Waals surface area contributed by atoms with Gasteiger partial charge in [0.1, 0.15) is 83.4 Å². The summed E-state index contributed by atoms with van der Waals surface area (Å²) in [4.78, 5) is 138. The molecular formula is C87H108Cl2N8O24. The zero-order valence-electron chi connectivity index (χ0n) is 67.8. The summed E-state index contributed by atoms with van der Waals surface area (Å²) < 4.78 is 39.1. The molecule has 32 nitrogen and oxygen atoms in total. The highest BCUT2D eigenvalue weighted by Gasteiger charge is 2.53. The van der Waals surface area contributed by atoms with Gasteiger partial charge in [-0.15, -0.1) is 0 Å². The van der Waals surface area contributed by atoms with Gasteiger partial charge in [0.05, 0.1) is 46.7 Å². The molecule has 6 fully saturated rings. The zero-order valence-corrected chi connectivity index (χ0v) is 69.3. The number of ketones is 3. The van der Waals surface area contributed by atoms with E-state index in [1.165, 1.54) is 56.3 Å². The first-order chi connectivity index (χ1) is 57.5. The first kappa shape index (κ1) is 89.6. The van der Waals surface area contributed by atoms with E-state index in [0.717, 1.165) is 101 Å². The number of halogens is 2. The second-order valence-corrected chi connectivity index (χ2v) is 35.4. The number of hydrogen-bond donors (Lipinski definition) is 17. The smallest absolute Gasteiger partial charge is 0.321 e. The molecule has 15 bridgehead atoms. The average Bonchev–Trinajstić information content (AvgIpc) is 0.761. The fraction of sp³-hybridized carbons (Fsp3) is 0.552. The number of fused-ring (bicyclic) bond motifs is 15. The summed E-state index contributed by atoms with van der Waals surface area (Å²) in [5.74, 6) is -15.8. The molecule has 654 valence electrons. The average molecular weight is 1720 g/mol. The number of unbranched alkanes of at least 4 members (excludes halogenated alkanes) is 5. The first-order valence-corrected chi connectivity index (χ1v) is 42.4. The Morgan fingerprint density at radius 2 is 1.32 bits per heavy atom. The standard InChI is InChI=1S/C87H108Cl2N8O24/c1-6-7-8-9-10-11-18-92-86(115)93-67(105)31-48-28-59(102)72(96-83(113)56(90)19-38(2)3)74(106)43-13-16-62(54(88)26-43)117-64-29-47-30-65(78(64)121-85-79(77(109)76(108)66(37-98)119-85)120-68-36-87(5,91)80(110)39(4)116-68)118-63-17-14-44(27-55(63)89)75(107)73-84(114)95-71(61(104)34-50-45-21-40-20-41(23-45)24-46(50)22-40)53-32-49(99)33-58(101)69(53)52-25-42(12-15-57(52)100)51(82(112)97-73)35-60(103)70(47)94-81(48)111/h12-17,25-27,29-30,32-33,38-41,45-46,48,50-51,56,66,68,70-77,79-80,85,98-101,106-110H,6-11,18-24,28,31,34-37,90-91H2,1-5H3,(H,94,111)(H,95,114)(H,96,113)(H,97,112)(H2,92,93,105,115)/t39?,40?,41?,45?,46?,48-,50?,51+,56+,66?,68?,70+,71-,72-,73-,74+,75+,76?,77?,79?,80?,85?,87?/m0/s1. The Bertz CT molecular complexity index is 4720. The van der Waals surface area contributed by atoms with Gasteiger partial charge < -0.3 is 112 Å². The van der Waals surface area contributed by atoms with Gasteiger partial charge in [0.15, 0.2) is 41.2 Å². The second kappa shape index (κ2) is 37.9. The third-order valence-electron chi connectivity index (χ3n) is 25.0. The van der Waals surface area contributed by atoms with Gasteiger partial charge in [0, 0.05) is 61.4 Å². The molecular weight excluding hydrogens is 1610 g/mol. The summed E-state index contributed by atoms with van der Waals surface area (Å²) in [6, 6.07) is 4.72. The number of amides is 7. The van der Waals surface area contributed by atoms with Gasteiger partial charge >= 0.3 is 6.03 Å². The number of imide groups is 1. The number of phenols is 3. The molecule has 5 aromatic carbocycles. The Labute approximate surface area is 708 Å². The van der Waals surface area contributed by atoms with Crippen molar-refractivity contribution in [1.82, 2.24) is 31.9 Å². The Hall–Kier alpha value is -9.13. The number of ether oxygens (including phenoxy) is 6. The number of carbonyl (C=O) groups is 9. The first-order valence-electron chi connectivity index (χ1n) is 41.6. The number of phenolic OH excluding ortho intramolecular Hbond substituents is 3. The number of aliphatic hydroxyl groups excluding tert-OH is 6. The summed E-state index contributed by atoms with van der Waals surface area (Å²) in [6.45, 7) is 7.85. The van der Waals surface area contributed by atoms with Gasteiger partial charge in [-0.1, -0.05) is 94.3 Å². The highest BCUT2D eigenvalue weighted by atomic mass is 35.5. The maximum absolute atomic E-state index is 16.7. The Balaban J connectivity index is 1.00. The van der Waals surface area contributed by atoms with Crippen molar-refractivity contribution in [2.24, 2.45) is 52.9 Å².